The van der Waals surface area contributed by atoms with Gasteiger partial charge in [-0.05, 0) is 54.1 Å². The summed E-state index contributed by atoms with van der Waals surface area (Å²) in [4.78, 5) is 11.1. The van der Waals surface area contributed by atoms with Crippen molar-refractivity contribution < 1.29 is 28.8 Å². The van der Waals surface area contributed by atoms with Crippen molar-refractivity contribution in [3.05, 3.63) is 84.4 Å². The van der Waals surface area contributed by atoms with Crippen LogP contribution in [0.3, 0.4) is 0 Å². The molecule has 0 aromatic heterocycles. The molecule has 0 saturated carbocycles. The molecule has 0 amide bonds. The zero-order chi connectivity index (χ0) is 22.8. The van der Waals surface area contributed by atoms with E-state index in [2.05, 4.69) is 6.92 Å². The van der Waals surface area contributed by atoms with Crippen LogP contribution in [0, 0.1) is 5.92 Å². The number of carbonyl (C=O) groups is 1. The molecular formula is C26H28O6. The van der Waals surface area contributed by atoms with Gasteiger partial charge >= 0.3 is 5.97 Å². The van der Waals surface area contributed by atoms with Gasteiger partial charge in [-0.15, -0.1) is 0 Å². The molecule has 168 valence electrons. The van der Waals surface area contributed by atoms with E-state index in [1.54, 1.807) is 0 Å². The zero-order valence-electron chi connectivity index (χ0n) is 18.3. The minimum Gasteiger partial charge on any atom is -0.493 e. The maximum atomic E-state index is 11.1. The van der Waals surface area contributed by atoms with Crippen molar-refractivity contribution in [1.29, 1.82) is 0 Å². The van der Waals surface area contributed by atoms with Gasteiger partial charge in [-0.25, -0.2) is 4.79 Å². The van der Waals surface area contributed by atoms with Crippen LogP contribution in [0.1, 0.15) is 12.5 Å². The molecule has 3 rings (SSSR count). The van der Waals surface area contributed by atoms with E-state index in [1.165, 1.54) is 7.11 Å². The Morgan fingerprint density at radius 2 is 1.28 bits per heavy atom. The lowest BCUT2D eigenvalue weighted by molar-refractivity contribution is -0.148. The molecule has 0 aliphatic rings. The van der Waals surface area contributed by atoms with Crippen molar-refractivity contribution in [2.45, 2.75) is 19.4 Å². The van der Waals surface area contributed by atoms with Crippen LogP contribution in [-0.4, -0.2) is 37.5 Å². The third kappa shape index (κ3) is 7.32. The van der Waals surface area contributed by atoms with E-state index >= 15 is 0 Å². The average molecular weight is 437 g/mol. The molecule has 0 fully saturated rings. The fourth-order valence-corrected chi connectivity index (χ4v) is 2.96. The van der Waals surface area contributed by atoms with Gasteiger partial charge in [-0.2, -0.15) is 0 Å². The van der Waals surface area contributed by atoms with Crippen LogP contribution in [0.5, 0.6) is 23.0 Å². The Kier molecular flexibility index (Phi) is 8.52. The Balaban J connectivity index is 1.40. The van der Waals surface area contributed by atoms with E-state index in [1.807, 2.05) is 78.9 Å². The largest absolute Gasteiger partial charge is 0.493 e. The molecule has 3 aromatic carbocycles. The molecule has 2 atom stereocenters. The van der Waals surface area contributed by atoms with Gasteiger partial charge in [0.2, 0.25) is 0 Å². The number of carboxylic acids is 1. The third-order valence-corrected chi connectivity index (χ3v) is 4.78. The minimum absolute atomic E-state index is 0.180. The van der Waals surface area contributed by atoms with Gasteiger partial charge in [0, 0.05) is 19.4 Å². The maximum Gasteiger partial charge on any atom is 0.333 e. The molecule has 0 aliphatic carbocycles. The first-order valence-corrected chi connectivity index (χ1v) is 10.5. The van der Waals surface area contributed by atoms with Crippen LogP contribution in [0.15, 0.2) is 78.9 Å². The maximum absolute atomic E-state index is 11.1. The first-order chi connectivity index (χ1) is 15.5. The van der Waals surface area contributed by atoms with Crippen molar-refractivity contribution in [3.8, 4) is 23.0 Å². The van der Waals surface area contributed by atoms with Gasteiger partial charge in [0.15, 0.2) is 6.10 Å². The highest BCUT2D eigenvalue weighted by atomic mass is 16.5. The van der Waals surface area contributed by atoms with E-state index in [0.29, 0.717) is 19.6 Å². The van der Waals surface area contributed by atoms with Crippen molar-refractivity contribution in [2.75, 3.05) is 20.3 Å². The Morgan fingerprint density at radius 1 is 0.781 bits per heavy atom. The quantitative estimate of drug-likeness (QED) is 0.420. The second-order valence-electron chi connectivity index (χ2n) is 7.52. The van der Waals surface area contributed by atoms with Crippen LogP contribution in [0.25, 0.3) is 0 Å². The molecule has 1 unspecified atom stereocenters. The van der Waals surface area contributed by atoms with Gasteiger partial charge < -0.3 is 24.1 Å². The van der Waals surface area contributed by atoms with E-state index in [-0.39, 0.29) is 5.92 Å². The van der Waals surface area contributed by atoms with Gasteiger partial charge in [0.25, 0.3) is 0 Å². The predicted octanol–water partition coefficient (Wildman–Crippen LogP) is 5.21. The first-order valence-electron chi connectivity index (χ1n) is 10.5. The Bertz CT molecular complexity index is 954. The summed E-state index contributed by atoms with van der Waals surface area (Å²) in [6.45, 7) is 3.08. The van der Waals surface area contributed by atoms with Gasteiger partial charge in [0.05, 0.1) is 13.2 Å². The van der Waals surface area contributed by atoms with Crippen LogP contribution in [0.2, 0.25) is 0 Å². The highest BCUT2D eigenvalue weighted by Crippen LogP contribution is 2.24. The summed E-state index contributed by atoms with van der Waals surface area (Å²) in [6.07, 6.45) is -0.538. The van der Waals surface area contributed by atoms with Crippen molar-refractivity contribution in [1.82, 2.24) is 0 Å². The minimum atomic E-state index is -0.972. The van der Waals surface area contributed by atoms with Crippen LogP contribution >= 0.6 is 0 Å². The Hall–Kier alpha value is -3.51. The van der Waals surface area contributed by atoms with E-state index in [0.717, 1.165) is 28.6 Å². The monoisotopic (exact) mass is 436 g/mol. The summed E-state index contributed by atoms with van der Waals surface area (Å²) in [5, 5.41) is 9.07. The summed E-state index contributed by atoms with van der Waals surface area (Å²) >= 11 is 0. The molecule has 0 aliphatic heterocycles. The second-order valence-corrected chi connectivity index (χ2v) is 7.52. The number of hydrogen-bond acceptors (Lipinski definition) is 5. The molecule has 1 N–H and O–H groups in total. The number of ether oxygens (including phenoxy) is 4. The third-order valence-electron chi connectivity index (χ3n) is 4.78. The molecule has 0 saturated heterocycles. The summed E-state index contributed by atoms with van der Waals surface area (Å²) in [6, 6.07) is 24.5. The van der Waals surface area contributed by atoms with Gasteiger partial charge in [-0.1, -0.05) is 37.3 Å². The Labute approximate surface area is 188 Å². The van der Waals surface area contributed by atoms with E-state index in [4.69, 9.17) is 24.1 Å². The normalized spacial score (nSPS) is 12.6. The smallest absolute Gasteiger partial charge is 0.333 e. The summed E-state index contributed by atoms with van der Waals surface area (Å²) < 4.78 is 22.4. The summed E-state index contributed by atoms with van der Waals surface area (Å²) in [5.74, 6) is 2.25. The highest BCUT2D eigenvalue weighted by molar-refractivity contribution is 5.72. The molecule has 0 radical (unpaired) electrons. The van der Waals surface area contributed by atoms with Crippen molar-refractivity contribution >= 4 is 5.97 Å². The van der Waals surface area contributed by atoms with E-state index in [9.17, 15) is 4.79 Å². The number of carboxylic acid groups (broad SMARTS) is 1. The average Bonchev–Trinajstić information content (AvgIpc) is 2.82. The fraction of sp³-hybridized carbons (Fsp3) is 0.269. The molecule has 32 heavy (non-hydrogen) atoms. The summed E-state index contributed by atoms with van der Waals surface area (Å²) in [5.41, 5.74) is 0.877. The predicted molar refractivity (Wildman–Crippen MR) is 122 cm³/mol. The van der Waals surface area contributed by atoms with Crippen molar-refractivity contribution in [3.63, 3.8) is 0 Å². The second kappa shape index (κ2) is 11.8. The van der Waals surface area contributed by atoms with Gasteiger partial charge in [-0.3, -0.25) is 0 Å². The lowest BCUT2D eigenvalue weighted by atomic mass is 10.1. The highest BCUT2D eigenvalue weighted by Gasteiger charge is 2.16. The zero-order valence-corrected chi connectivity index (χ0v) is 18.3. The standard InChI is InChI=1S/C26H28O6/c1-19(17-30-21-10-8-20(9-11-21)16-25(29-2)26(27)28)18-31-22-12-14-24(15-13-22)32-23-6-4-3-5-7-23/h3-15,19,25H,16-18H2,1-2H3,(H,27,28)/t19?,25-/m0/s1. The number of rotatable bonds is 12. The number of aliphatic carboxylic acids is 1. The van der Waals surface area contributed by atoms with E-state index < -0.39 is 12.1 Å². The number of benzene rings is 3. The number of para-hydroxylation sites is 1. The van der Waals surface area contributed by atoms with Crippen LogP contribution in [0.4, 0.5) is 0 Å². The molecule has 6 heteroatoms. The number of hydrogen-bond donors (Lipinski definition) is 1. The molecule has 6 nitrogen and oxygen atoms in total. The lowest BCUT2D eigenvalue weighted by Crippen LogP contribution is -2.24. The first kappa shape index (κ1) is 23.2. The van der Waals surface area contributed by atoms with Crippen LogP contribution < -0.4 is 14.2 Å². The number of methoxy groups -OCH3 is 1. The molecular weight excluding hydrogens is 408 g/mol. The van der Waals surface area contributed by atoms with Crippen LogP contribution in [-0.2, 0) is 16.0 Å². The molecule has 0 spiro atoms. The fourth-order valence-electron chi connectivity index (χ4n) is 2.96. The SMILES string of the molecule is CO[C@@H](Cc1ccc(OCC(C)COc2ccc(Oc3ccccc3)cc2)cc1)C(=O)O. The van der Waals surface area contributed by atoms with Gasteiger partial charge in [0.1, 0.15) is 23.0 Å². The lowest BCUT2D eigenvalue weighted by Gasteiger charge is -2.15. The molecule has 3 aromatic rings. The Morgan fingerprint density at radius 3 is 1.81 bits per heavy atom. The molecule has 0 bridgehead atoms. The topological polar surface area (TPSA) is 74.2 Å². The molecule has 0 heterocycles. The summed E-state index contributed by atoms with van der Waals surface area (Å²) in [7, 11) is 1.40. The van der Waals surface area contributed by atoms with Crippen molar-refractivity contribution in [2.24, 2.45) is 5.92 Å².